The van der Waals surface area contributed by atoms with E-state index < -0.39 is 0 Å². The maximum absolute atomic E-state index is 6.14. The van der Waals surface area contributed by atoms with E-state index in [-0.39, 0.29) is 12.1 Å². The summed E-state index contributed by atoms with van der Waals surface area (Å²) in [6.07, 6.45) is 3.01. The van der Waals surface area contributed by atoms with Gasteiger partial charge in [0.15, 0.2) is 0 Å². The first-order chi connectivity index (χ1) is 7.66. The van der Waals surface area contributed by atoms with E-state index in [2.05, 4.69) is 12.6 Å². The number of fused-ring (bicyclic) bond motifs is 1. The first kappa shape index (κ1) is 11.2. The Labute approximate surface area is 97.1 Å². The fourth-order valence-electron chi connectivity index (χ4n) is 2.05. The highest BCUT2D eigenvalue weighted by Gasteiger charge is 2.27. The largest absolute Gasteiger partial charge is 0.488 e. The molecule has 0 bridgehead atoms. The van der Waals surface area contributed by atoms with E-state index in [1.807, 2.05) is 25.1 Å². The lowest BCUT2D eigenvalue weighted by atomic mass is 10.00. The van der Waals surface area contributed by atoms with Crippen LogP contribution in [0.1, 0.15) is 25.3 Å². The van der Waals surface area contributed by atoms with E-state index in [0.29, 0.717) is 0 Å². The minimum absolute atomic E-state index is 0.101. The molecule has 1 aromatic rings. The fraction of sp³-hybridized carbons (Fsp3) is 0.429. The van der Waals surface area contributed by atoms with Crippen molar-refractivity contribution in [2.75, 3.05) is 0 Å². The molecule has 1 aliphatic rings. The maximum Gasteiger partial charge on any atom is 0.123 e. The molecule has 0 aliphatic carbocycles. The summed E-state index contributed by atoms with van der Waals surface area (Å²) in [7, 11) is 0. The normalized spacial score (nSPS) is 20.0. The quantitative estimate of drug-likeness (QED) is 0.787. The van der Waals surface area contributed by atoms with Crippen molar-refractivity contribution >= 4 is 0 Å². The van der Waals surface area contributed by atoms with Crippen molar-refractivity contribution in [2.24, 2.45) is 5.73 Å². The topological polar surface area (TPSA) is 35.2 Å². The lowest BCUT2D eigenvalue weighted by Gasteiger charge is -2.18. The van der Waals surface area contributed by atoms with E-state index in [0.717, 1.165) is 25.0 Å². The molecule has 2 N–H and O–H groups in total. The van der Waals surface area contributed by atoms with Crippen LogP contribution in [0.15, 0.2) is 36.4 Å². The Morgan fingerprint density at radius 2 is 2.31 bits per heavy atom. The summed E-state index contributed by atoms with van der Waals surface area (Å²) in [6, 6.07) is 8.27. The predicted molar refractivity (Wildman–Crippen MR) is 66.6 cm³/mol. The van der Waals surface area contributed by atoms with Crippen LogP contribution in [-0.4, -0.2) is 12.1 Å². The highest BCUT2D eigenvalue weighted by atomic mass is 16.5. The Kier molecular flexibility index (Phi) is 3.30. The van der Waals surface area contributed by atoms with Gasteiger partial charge in [-0.05, 0) is 31.4 Å². The lowest BCUT2D eigenvalue weighted by molar-refractivity contribution is 0.193. The van der Waals surface area contributed by atoms with Crippen LogP contribution in [0, 0.1) is 0 Å². The van der Waals surface area contributed by atoms with Crippen LogP contribution >= 0.6 is 0 Å². The third-order valence-electron chi connectivity index (χ3n) is 3.05. The summed E-state index contributed by atoms with van der Waals surface area (Å²) >= 11 is 0. The van der Waals surface area contributed by atoms with Gasteiger partial charge in [0, 0.05) is 12.5 Å². The van der Waals surface area contributed by atoms with Crippen molar-refractivity contribution in [1.82, 2.24) is 0 Å². The predicted octanol–water partition coefficient (Wildman–Crippen LogP) is 2.67. The van der Waals surface area contributed by atoms with Crippen LogP contribution in [0.5, 0.6) is 5.75 Å². The molecule has 2 unspecified atom stereocenters. The number of nitrogens with two attached hydrogens (primary N) is 1. The van der Waals surface area contributed by atoms with Crippen molar-refractivity contribution in [3.8, 4) is 5.75 Å². The standard InChI is InChI=1S/C14H19NO/c1-10(2)7-8-12(15)14-9-11-5-3-4-6-13(11)16-14/h3-6,12,14H,1,7-9,15H2,2H3. The molecule has 2 heteroatoms. The molecule has 1 aliphatic heterocycles. The molecule has 2 atom stereocenters. The molecule has 0 amide bonds. The summed E-state index contributed by atoms with van der Waals surface area (Å²) in [5.74, 6) is 0.998. The third-order valence-corrected chi connectivity index (χ3v) is 3.05. The molecule has 1 heterocycles. The van der Waals surface area contributed by atoms with Crippen LogP contribution in [-0.2, 0) is 6.42 Å². The van der Waals surface area contributed by atoms with Gasteiger partial charge in [0.05, 0.1) is 0 Å². The van der Waals surface area contributed by atoms with Gasteiger partial charge < -0.3 is 10.5 Å². The molecule has 0 spiro atoms. The van der Waals surface area contributed by atoms with Gasteiger partial charge >= 0.3 is 0 Å². The summed E-state index contributed by atoms with van der Waals surface area (Å²) in [6.45, 7) is 5.94. The number of allylic oxidation sites excluding steroid dienone is 1. The number of para-hydroxylation sites is 1. The molecule has 2 nitrogen and oxygen atoms in total. The number of benzene rings is 1. The van der Waals surface area contributed by atoms with Crippen LogP contribution in [0.2, 0.25) is 0 Å². The van der Waals surface area contributed by atoms with E-state index in [1.54, 1.807) is 0 Å². The van der Waals surface area contributed by atoms with Crippen molar-refractivity contribution in [3.05, 3.63) is 42.0 Å². The third kappa shape index (κ3) is 2.45. The lowest BCUT2D eigenvalue weighted by Crippen LogP contribution is -2.37. The van der Waals surface area contributed by atoms with Gasteiger partial charge in [0.25, 0.3) is 0 Å². The van der Waals surface area contributed by atoms with Gasteiger partial charge in [-0.25, -0.2) is 0 Å². The smallest absolute Gasteiger partial charge is 0.123 e. The zero-order chi connectivity index (χ0) is 11.5. The molecule has 0 aromatic heterocycles. The molecule has 0 saturated carbocycles. The van der Waals surface area contributed by atoms with E-state index in [4.69, 9.17) is 10.5 Å². The van der Waals surface area contributed by atoms with Gasteiger partial charge in [0.2, 0.25) is 0 Å². The average Bonchev–Trinajstić information content (AvgIpc) is 2.69. The molecule has 86 valence electrons. The molecular weight excluding hydrogens is 198 g/mol. The van der Waals surface area contributed by atoms with Gasteiger partial charge in [-0.3, -0.25) is 0 Å². The van der Waals surface area contributed by atoms with Crippen LogP contribution < -0.4 is 10.5 Å². The summed E-state index contributed by atoms with van der Waals surface area (Å²) in [5, 5.41) is 0. The SMILES string of the molecule is C=C(C)CCC(N)C1Cc2ccccc2O1. The number of ether oxygens (including phenoxy) is 1. The van der Waals surface area contributed by atoms with E-state index in [1.165, 1.54) is 11.1 Å². The Morgan fingerprint density at radius 3 is 3.00 bits per heavy atom. The first-order valence-corrected chi connectivity index (χ1v) is 5.81. The number of rotatable bonds is 4. The van der Waals surface area contributed by atoms with Gasteiger partial charge in [-0.15, -0.1) is 6.58 Å². The first-order valence-electron chi connectivity index (χ1n) is 5.81. The van der Waals surface area contributed by atoms with E-state index >= 15 is 0 Å². The van der Waals surface area contributed by atoms with Crippen LogP contribution in [0.25, 0.3) is 0 Å². The Hall–Kier alpha value is -1.28. The van der Waals surface area contributed by atoms with Crippen LogP contribution in [0.3, 0.4) is 0 Å². The van der Waals surface area contributed by atoms with Crippen molar-refractivity contribution in [2.45, 2.75) is 38.3 Å². The van der Waals surface area contributed by atoms with Crippen molar-refractivity contribution in [3.63, 3.8) is 0 Å². The summed E-state index contributed by atoms with van der Waals surface area (Å²) < 4.78 is 5.85. The zero-order valence-corrected chi connectivity index (χ0v) is 9.78. The Balaban J connectivity index is 1.93. The number of hydrogen-bond donors (Lipinski definition) is 1. The highest BCUT2D eigenvalue weighted by molar-refractivity contribution is 5.37. The number of hydrogen-bond acceptors (Lipinski definition) is 2. The molecule has 1 aromatic carbocycles. The second kappa shape index (κ2) is 4.71. The molecule has 0 fully saturated rings. The van der Waals surface area contributed by atoms with Gasteiger partial charge in [-0.1, -0.05) is 23.8 Å². The van der Waals surface area contributed by atoms with E-state index in [9.17, 15) is 0 Å². The minimum Gasteiger partial charge on any atom is -0.488 e. The molecule has 16 heavy (non-hydrogen) atoms. The summed E-state index contributed by atoms with van der Waals surface area (Å²) in [5.41, 5.74) is 8.60. The second-order valence-electron chi connectivity index (χ2n) is 4.63. The zero-order valence-electron chi connectivity index (χ0n) is 9.78. The molecular formula is C14H19NO. The summed E-state index contributed by atoms with van der Waals surface area (Å²) in [4.78, 5) is 0. The fourth-order valence-corrected chi connectivity index (χ4v) is 2.05. The van der Waals surface area contributed by atoms with Crippen LogP contribution in [0.4, 0.5) is 0 Å². The van der Waals surface area contributed by atoms with Gasteiger partial charge in [-0.2, -0.15) is 0 Å². The molecule has 0 saturated heterocycles. The second-order valence-corrected chi connectivity index (χ2v) is 4.63. The monoisotopic (exact) mass is 217 g/mol. The maximum atomic E-state index is 6.14. The Bertz CT molecular complexity index is 361. The van der Waals surface area contributed by atoms with Gasteiger partial charge in [0.1, 0.15) is 11.9 Å². The molecule has 2 rings (SSSR count). The molecule has 0 radical (unpaired) electrons. The van der Waals surface area contributed by atoms with Crippen molar-refractivity contribution < 1.29 is 4.74 Å². The average molecular weight is 217 g/mol. The van der Waals surface area contributed by atoms with Crippen molar-refractivity contribution in [1.29, 1.82) is 0 Å². The Morgan fingerprint density at radius 1 is 1.56 bits per heavy atom. The highest BCUT2D eigenvalue weighted by Crippen LogP contribution is 2.29. The minimum atomic E-state index is 0.101.